The maximum Gasteiger partial charge on any atom is 0.277 e. The van der Waals surface area contributed by atoms with Crippen molar-refractivity contribution in [1.82, 2.24) is 19.6 Å². The summed E-state index contributed by atoms with van der Waals surface area (Å²) in [5.74, 6) is 0.643. The molecule has 8 nitrogen and oxygen atoms in total. The van der Waals surface area contributed by atoms with E-state index >= 15 is 0 Å². The average molecular weight is 478 g/mol. The highest BCUT2D eigenvalue weighted by molar-refractivity contribution is 6.02. The number of hydrogen-bond donors (Lipinski definition) is 1. The third-order valence-corrected chi connectivity index (χ3v) is 5.65. The highest BCUT2D eigenvalue weighted by Crippen LogP contribution is 2.31. The lowest BCUT2D eigenvalue weighted by atomic mass is 10.1. The number of rotatable bonds is 6. The fourth-order valence-corrected chi connectivity index (χ4v) is 3.81. The molecule has 0 saturated carbocycles. The largest absolute Gasteiger partial charge is 0.496 e. The monoisotopic (exact) mass is 477 g/mol. The van der Waals surface area contributed by atoms with Gasteiger partial charge in [0.25, 0.3) is 11.5 Å². The Labute approximate surface area is 207 Å². The van der Waals surface area contributed by atoms with Gasteiger partial charge in [-0.1, -0.05) is 48.0 Å². The Bertz CT molecular complexity index is 1590. The standard InChI is InChI=1S/C28H23N5O3/c1-19-12-14-21(15-13-19)32-26(18-24(31-32)22-10-6-7-11-25(22)36-2)29-28(35)23-16-17-27(34)33(30-23)20-8-4-3-5-9-20/h3-18H,1-2H3,(H,29,35). The molecule has 0 fully saturated rings. The maximum absolute atomic E-state index is 13.3. The molecule has 0 bridgehead atoms. The Morgan fingerprint density at radius 1 is 0.806 bits per heavy atom. The number of nitrogens with zero attached hydrogens (tertiary/aromatic N) is 4. The van der Waals surface area contributed by atoms with Crippen LogP contribution >= 0.6 is 0 Å². The summed E-state index contributed by atoms with van der Waals surface area (Å²) in [4.78, 5) is 25.6. The number of ether oxygens (including phenoxy) is 1. The van der Waals surface area contributed by atoms with Gasteiger partial charge in [0.1, 0.15) is 17.3 Å². The van der Waals surface area contributed by atoms with E-state index in [1.54, 1.807) is 42.1 Å². The number of anilines is 1. The molecule has 0 unspecified atom stereocenters. The number of aromatic nitrogens is 4. The lowest BCUT2D eigenvalue weighted by Gasteiger charge is -2.10. The number of aryl methyl sites for hydroxylation is 1. The molecule has 0 saturated heterocycles. The Morgan fingerprint density at radius 2 is 1.50 bits per heavy atom. The first-order valence-electron chi connectivity index (χ1n) is 11.3. The van der Waals surface area contributed by atoms with Crippen LogP contribution < -0.4 is 15.6 Å². The molecule has 0 atom stereocenters. The molecular weight excluding hydrogens is 454 g/mol. The number of amides is 1. The van der Waals surface area contributed by atoms with Gasteiger partial charge in [-0.05, 0) is 49.4 Å². The van der Waals surface area contributed by atoms with Crippen LogP contribution in [0.5, 0.6) is 5.75 Å². The van der Waals surface area contributed by atoms with E-state index in [2.05, 4.69) is 10.4 Å². The number of hydrogen-bond acceptors (Lipinski definition) is 5. The van der Waals surface area contributed by atoms with Gasteiger partial charge in [-0.2, -0.15) is 14.9 Å². The molecule has 5 aromatic rings. The predicted molar refractivity (Wildman–Crippen MR) is 138 cm³/mol. The van der Waals surface area contributed by atoms with Crippen molar-refractivity contribution >= 4 is 11.7 Å². The topological polar surface area (TPSA) is 91.0 Å². The zero-order valence-corrected chi connectivity index (χ0v) is 19.8. The molecule has 0 aliphatic rings. The van der Waals surface area contributed by atoms with Crippen LogP contribution in [0.1, 0.15) is 16.1 Å². The van der Waals surface area contributed by atoms with E-state index in [4.69, 9.17) is 9.84 Å². The average Bonchev–Trinajstić information content (AvgIpc) is 3.33. The molecule has 0 aliphatic carbocycles. The van der Waals surface area contributed by atoms with Gasteiger partial charge in [0.2, 0.25) is 0 Å². The van der Waals surface area contributed by atoms with Crippen LogP contribution in [0.4, 0.5) is 5.82 Å². The van der Waals surface area contributed by atoms with Crippen LogP contribution in [-0.4, -0.2) is 32.6 Å². The van der Waals surface area contributed by atoms with Crippen molar-refractivity contribution in [1.29, 1.82) is 0 Å². The van der Waals surface area contributed by atoms with Crippen LogP contribution in [0.2, 0.25) is 0 Å². The van der Waals surface area contributed by atoms with Crippen molar-refractivity contribution in [3.8, 4) is 28.4 Å². The maximum atomic E-state index is 13.3. The van der Waals surface area contributed by atoms with Gasteiger partial charge in [0.15, 0.2) is 0 Å². The zero-order chi connectivity index (χ0) is 25.1. The molecular formula is C28H23N5O3. The summed E-state index contributed by atoms with van der Waals surface area (Å²) in [5, 5.41) is 12.0. The Balaban J connectivity index is 1.55. The number of para-hydroxylation sites is 2. The van der Waals surface area contributed by atoms with Crippen LogP contribution in [0.3, 0.4) is 0 Å². The SMILES string of the molecule is COc1ccccc1-c1cc(NC(=O)c2ccc(=O)n(-c3ccccc3)n2)n(-c2ccc(C)cc2)n1. The van der Waals surface area contributed by atoms with E-state index in [-0.39, 0.29) is 11.3 Å². The van der Waals surface area contributed by atoms with E-state index in [1.165, 1.54) is 16.8 Å². The van der Waals surface area contributed by atoms with Gasteiger partial charge in [0.05, 0.1) is 24.2 Å². The minimum Gasteiger partial charge on any atom is -0.496 e. The third kappa shape index (κ3) is 4.52. The molecule has 36 heavy (non-hydrogen) atoms. The van der Waals surface area contributed by atoms with Crippen LogP contribution in [0.15, 0.2) is 102 Å². The van der Waals surface area contributed by atoms with Crippen LogP contribution in [-0.2, 0) is 0 Å². The van der Waals surface area contributed by atoms with Gasteiger partial charge < -0.3 is 10.1 Å². The van der Waals surface area contributed by atoms with Crippen molar-refractivity contribution in [3.63, 3.8) is 0 Å². The molecule has 2 aromatic heterocycles. The summed E-state index contributed by atoms with van der Waals surface area (Å²) < 4.78 is 8.37. The van der Waals surface area contributed by atoms with Crippen LogP contribution in [0, 0.1) is 6.92 Å². The summed E-state index contributed by atoms with van der Waals surface area (Å²) in [6.45, 7) is 2.00. The predicted octanol–water partition coefficient (Wildman–Crippen LogP) is 4.65. The second-order valence-corrected chi connectivity index (χ2v) is 8.12. The minimum absolute atomic E-state index is 0.0916. The summed E-state index contributed by atoms with van der Waals surface area (Å²) in [5.41, 5.74) is 3.63. The van der Waals surface area contributed by atoms with Crippen molar-refractivity contribution in [3.05, 3.63) is 119 Å². The lowest BCUT2D eigenvalue weighted by molar-refractivity contribution is 0.102. The van der Waals surface area contributed by atoms with E-state index < -0.39 is 5.91 Å². The molecule has 1 amide bonds. The Kier molecular flexibility index (Phi) is 6.15. The molecule has 0 aliphatic heterocycles. The van der Waals surface area contributed by atoms with Crippen molar-refractivity contribution < 1.29 is 9.53 Å². The summed E-state index contributed by atoms with van der Waals surface area (Å²) in [7, 11) is 1.60. The molecule has 5 rings (SSSR count). The van der Waals surface area contributed by atoms with Gasteiger partial charge in [-0.15, -0.1) is 0 Å². The van der Waals surface area contributed by atoms with Crippen molar-refractivity contribution in [2.45, 2.75) is 6.92 Å². The molecule has 8 heteroatoms. The fraction of sp³-hybridized carbons (Fsp3) is 0.0714. The smallest absolute Gasteiger partial charge is 0.277 e. The second-order valence-electron chi connectivity index (χ2n) is 8.12. The molecule has 1 N–H and O–H groups in total. The van der Waals surface area contributed by atoms with Gasteiger partial charge >= 0.3 is 0 Å². The summed E-state index contributed by atoms with van der Waals surface area (Å²) in [6.07, 6.45) is 0. The fourth-order valence-electron chi connectivity index (χ4n) is 3.81. The van der Waals surface area contributed by atoms with E-state index in [1.807, 2.05) is 61.5 Å². The van der Waals surface area contributed by atoms with Crippen molar-refractivity contribution in [2.75, 3.05) is 12.4 Å². The third-order valence-electron chi connectivity index (χ3n) is 5.65. The summed E-state index contributed by atoms with van der Waals surface area (Å²) >= 11 is 0. The van der Waals surface area contributed by atoms with E-state index in [0.29, 0.717) is 22.9 Å². The number of methoxy groups -OCH3 is 1. The summed E-state index contributed by atoms with van der Waals surface area (Å²) in [6, 6.07) is 28.8. The number of carbonyl (C=O) groups excluding carboxylic acids is 1. The van der Waals surface area contributed by atoms with Gasteiger partial charge in [-0.25, -0.2) is 4.68 Å². The zero-order valence-electron chi connectivity index (χ0n) is 19.8. The van der Waals surface area contributed by atoms with Crippen LogP contribution in [0.25, 0.3) is 22.6 Å². The lowest BCUT2D eigenvalue weighted by Crippen LogP contribution is -2.25. The highest BCUT2D eigenvalue weighted by atomic mass is 16.5. The Morgan fingerprint density at radius 3 is 2.25 bits per heavy atom. The molecule has 0 spiro atoms. The first-order valence-corrected chi connectivity index (χ1v) is 11.3. The Hall–Kier alpha value is -4.98. The highest BCUT2D eigenvalue weighted by Gasteiger charge is 2.18. The second kappa shape index (κ2) is 9.71. The molecule has 3 aromatic carbocycles. The molecule has 2 heterocycles. The molecule has 178 valence electrons. The molecule has 0 radical (unpaired) electrons. The van der Waals surface area contributed by atoms with Gasteiger partial charge in [-0.3, -0.25) is 9.59 Å². The number of nitrogens with one attached hydrogen (secondary N) is 1. The first kappa shape index (κ1) is 22.8. The van der Waals surface area contributed by atoms with E-state index in [0.717, 1.165) is 16.8 Å². The van der Waals surface area contributed by atoms with Gasteiger partial charge in [0, 0.05) is 17.7 Å². The minimum atomic E-state index is -0.473. The van der Waals surface area contributed by atoms with E-state index in [9.17, 15) is 9.59 Å². The normalized spacial score (nSPS) is 10.7. The first-order chi connectivity index (χ1) is 17.5. The van der Waals surface area contributed by atoms with Crippen molar-refractivity contribution in [2.24, 2.45) is 0 Å². The quantitative estimate of drug-likeness (QED) is 0.384. The number of carbonyl (C=O) groups is 1. The number of benzene rings is 3.